The quantitative estimate of drug-likeness (QED) is 0.519. The number of thioether (sulfide) groups is 1. The van der Waals surface area contributed by atoms with Gasteiger partial charge < -0.3 is 26.3 Å². The second-order valence-electron chi connectivity index (χ2n) is 6.19. The van der Waals surface area contributed by atoms with E-state index in [4.69, 9.17) is 16.2 Å². The van der Waals surface area contributed by atoms with Gasteiger partial charge in [-0.2, -0.15) is 0 Å². The Balaban J connectivity index is 1.64. The van der Waals surface area contributed by atoms with Gasteiger partial charge in [-0.05, 0) is 35.4 Å². The predicted molar refractivity (Wildman–Crippen MR) is 110 cm³/mol. The van der Waals surface area contributed by atoms with Gasteiger partial charge in [-0.1, -0.05) is 18.2 Å². The molecule has 27 heavy (non-hydrogen) atoms. The fourth-order valence-electron chi connectivity index (χ4n) is 2.71. The number of carbonyl (C=O) groups is 1. The first-order valence-electron chi connectivity index (χ1n) is 8.59. The van der Waals surface area contributed by atoms with Gasteiger partial charge in [0.25, 0.3) is 0 Å². The number of carbonyl (C=O) groups excluding carboxylic acids is 1. The molecule has 0 radical (unpaired) electrons. The normalized spacial score (nSPS) is 16.3. The average molecular weight is 385 g/mol. The second-order valence-corrected chi connectivity index (χ2v) is 7.29. The van der Waals surface area contributed by atoms with Crippen LogP contribution in [0.25, 0.3) is 6.08 Å². The van der Waals surface area contributed by atoms with Crippen LogP contribution in [0.15, 0.2) is 47.4 Å². The number of nitrogens with two attached hydrogens (primary N) is 2. The molecule has 0 saturated carbocycles. The maximum atomic E-state index is 11.5. The Morgan fingerprint density at radius 3 is 2.63 bits per heavy atom. The fourth-order valence-corrected chi connectivity index (χ4v) is 3.52. The van der Waals surface area contributed by atoms with E-state index >= 15 is 0 Å². The Kier molecular flexibility index (Phi) is 6.39. The standard InChI is InChI=1S/C20H23N3O3S/c1-25-20(24)19(22)9-14-4-7-16(10-18(14)21)26-15-5-2-13(3-6-15)8-17-11-23-12-27-17/h2-8,10,19,23H,9,11-12,21-22H2,1H3. The minimum absolute atomic E-state index is 0.315. The van der Waals surface area contributed by atoms with Gasteiger partial charge in [0.05, 0.1) is 7.11 Å². The van der Waals surface area contributed by atoms with Gasteiger partial charge >= 0.3 is 5.97 Å². The molecular weight excluding hydrogens is 362 g/mol. The zero-order valence-corrected chi connectivity index (χ0v) is 15.9. The van der Waals surface area contributed by atoms with Crippen molar-refractivity contribution in [2.45, 2.75) is 12.5 Å². The highest BCUT2D eigenvalue weighted by Gasteiger charge is 2.16. The number of anilines is 1. The van der Waals surface area contributed by atoms with Gasteiger partial charge in [0.1, 0.15) is 17.5 Å². The number of methoxy groups -OCH3 is 1. The van der Waals surface area contributed by atoms with Crippen LogP contribution in [0.3, 0.4) is 0 Å². The summed E-state index contributed by atoms with van der Waals surface area (Å²) in [6.07, 6.45) is 2.49. The van der Waals surface area contributed by atoms with Crippen LogP contribution in [-0.2, 0) is 16.0 Å². The molecule has 0 spiro atoms. The van der Waals surface area contributed by atoms with Gasteiger partial charge in [-0.15, -0.1) is 11.8 Å². The highest BCUT2D eigenvalue weighted by atomic mass is 32.2. The first kappa shape index (κ1) is 19.3. The van der Waals surface area contributed by atoms with Crippen LogP contribution in [-0.4, -0.2) is 31.5 Å². The summed E-state index contributed by atoms with van der Waals surface area (Å²) >= 11 is 1.82. The third-order valence-electron chi connectivity index (χ3n) is 4.16. The fraction of sp³-hybridized carbons (Fsp3) is 0.250. The van der Waals surface area contributed by atoms with Crippen molar-refractivity contribution in [3.8, 4) is 11.5 Å². The van der Waals surface area contributed by atoms with Crippen molar-refractivity contribution in [2.24, 2.45) is 5.73 Å². The van der Waals surface area contributed by atoms with Crippen molar-refractivity contribution < 1.29 is 14.3 Å². The zero-order chi connectivity index (χ0) is 19.2. The molecule has 7 heteroatoms. The SMILES string of the molecule is COC(=O)C(N)Cc1ccc(Oc2ccc(C=C3CNCS3)cc2)cc1N. The van der Waals surface area contributed by atoms with Crippen LogP contribution in [0.5, 0.6) is 11.5 Å². The maximum Gasteiger partial charge on any atom is 0.322 e. The van der Waals surface area contributed by atoms with E-state index in [1.807, 2.05) is 48.2 Å². The molecule has 1 atom stereocenters. The number of nitrogens with one attached hydrogen (secondary N) is 1. The first-order valence-corrected chi connectivity index (χ1v) is 9.57. The molecule has 0 amide bonds. The third kappa shape index (κ3) is 5.26. The molecule has 1 aliphatic rings. The number of ether oxygens (including phenoxy) is 2. The monoisotopic (exact) mass is 385 g/mol. The topological polar surface area (TPSA) is 99.6 Å². The number of rotatable bonds is 6. The van der Waals surface area contributed by atoms with Crippen LogP contribution in [0.4, 0.5) is 5.69 Å². The molecule has 5 N–H and O–H groups in total. The van der Waals surface area contributed by atoms with Crippen molar-refractivity contribution in [3.05, 3.63) is 58.5 Å². The minimum atomic E-state index is -0.737. The maximum absolute atomic E-state index is 11.5. The van der Waals surface area contributed by atoms with Crippen LogP contribution in [0.1, 0.15) is 11.1 Å². The Morgan fingerprint density at radius 1 is 1.26 bits per heavy atom. The van der Waals surface area contributed by atoms with Crippen molar-refractivity contribution in [1.82, 2.24) is 5.32 Å². The molecule has 6 nitrogen and oxygen atoms in total. The van der Waals surface area contributed by atoms with E-state index in [9.17, 15) is 4.79 Å². The summed E-state index contributed by atoms with van der Waals surface area (Å²) in [6, 6.07) is 12.5. The Labute approximate surface area is 162 Å². The lowest BCUT2D eigenvalue weighted by molar-refractivity contribution is -0.142. The van der Waals surface area contributed by atoms with Gasteiger partial charge in [-0.3, -0.25) is 4.79 Å². The summed E-state index contributed by atoms with van der Waals surface area (Å²) in [4.78, 5) is 12.8. The van der Waals surface area contributed by atoms with Crippen LogP contribution >= 0.6 is 11.8 Å². The average Bonchev–Trinajstić information content (AvgIpc) is 3.18. The molecule has 0 bridgehead atoms. The molecule has 1 saturated heterocycles. The summed E-state index contributed by atoms with van der Waals surface area (Å²) in [5.74, 6) is 1.86. The summed E-state index contributed by atoms with van der Waals surface area (Å²) in [5, 5.41) is 3.29. The molecule has 1 heterocycles. The minimum Gasteiger partial charge on any atom is -0.468 e. The molecule has 1 unspecified atom stereocenters. The lowest BCUT2D eigenvalue weighted by Gasteiger charge is -2.13. The van der Waals surface area contributed by atoms with Crippen molar-refractivity contribution in [3.63, 3.8) is 0 Å². The van der Waals surface area contributed by atoms with Crippen molar-refractivity contribution in [2.75, 3.05) is 25.3 Å². The first-order chi connectivity index (χ1) is 13.0. The highest BCUT2D eigenvalue weighted by molar-refractivity contribution is 8.03. The van der Waals surface area contributed by atoms with Crippen LogP contribution < -0.4 is 21.5 Å². The number of esters is 1. The molecule has 3 rings (SSSR count). The Bertz CT molecular complexity index is 829. The van der Waals surface area contributed by atoms with Gasteiger partial charge in [0, 0.05) is 35.5 Å². The molecule has 1 fully saturated rings. The number of nitrogen functional groups attached to an aromatic ring is 1. The van der Waals surface area contributed by atoms with Crippen LogP contribution in [0.2, 0.25) is 0 Å². The van der Waals surface area contributed by atoms with Gasteiger partial charge in [-0.25, -0.2) is 0 Å². The zero-order valence-electron chi connectivity index (χ0n) is 15.1. The van der Waals surface area contributed by atoms with E-state index in [0.29, 0.717) is 17.9 Å². The van der Waals surface area contributed by atoms with E-state index in [-0.39, 0.29) is 0 Å². The Morgan fingerprint density at radius 2 is 2.00 bits per heavy atom. The van der Waals surface area contributed by atoms with E-state index in [1.165, 1.54) is 12.0 Å². The molecule has 142 valence electrons. The summed E-state index contributed by atoms with van der Waals surface area (Å²) in [6.45, 7) is 0.925. The molecular formula is C20H23N3O3S. The van der Waals surface area contributed by atoms with Crippen molar-refractivity contribution in [1.29, 1.82) is 0 Å². The molecule has 2 aromatic rings. The molecule has 2 aromatic carbocycles. The lowest BCUT2D eigenvalue weighted by atomic mass is 10.0. The number of hydrogen-bond donors (Lipinski definition) is 3. The van der Waals surface area contributed by atoms with Gasteiger partial charge in [0.15, 0.2) is 0 Å². The highest BCUT2D eigenvalue weighted by Crippen LogP contribution is 2.27. The predicted octanol–water partition coefficient (Wildman–Crippen LogP) is 2.74. The van der Waals surface area contributed by atoms with E-state index in [2.05, 4.69) is 16.1 Å². The second kappa shape index (κ2) is 8.94. The van der Waals surface area contributed by atoms with Crippen molar-refractivity contribution >= 4 is 29.5 Å². The van der Waals surface area contributed by atoms with E-state index in [1.54, 1.807) is 6.07 Å². The summed E-state index contributed by atoms with van der Waals surface area (Å²) in [5.41, 5.74) is 14.3. The molecule has 0 aliphatic carbocycles. The Hall–Kier alpha value is -2.48. The molecule has 0 aromatic heterocycles. The van der Waals surface area contributed by atoms with E-state index < -0.39 is 12.0 Å². The van der Waals surface area contributed by atoms with Gasteiger partial charge in [0.2, 0.25) is 0 Å². The third-order valence-corrected chi connectivity index (χ3v) is 5.14. The summed E-state index contributed by atoms with van der Waals surface area (Å²) in [7, 11) is 1.31. The largest absolute Gasteiger partial charge is 0.468 e. The van der Waals surface area contributed by atoms with E-state index in [0.717, 1.165) is 29.3 Å². The molecule has 1 aliphatic heterocycles. The number of hydrogen-bond acceptors (Lipinski definition) is 7. The summed E-state index contributed by atoms with van der Waals surface area (Å²) < 4.78 is 10.5. The lowest BCUT2D eigenvalue weighted by Crippen LogP contribution is -2.33. The smallest absolute Gasteiger partial charge is 0.322 e. The van der Waals surface area contributed by atoms with Crippen LogP contribution in [0, 0.1) is 0 Å². The number of benzene rings is 2.